The maximum Gasteiger partial charge on any atom is 0.162 e. The van der Waals surface area contributed by atoms with Crippen LogP contribution in [0.25, 0.3) is 6.08 Å². The number of nitrogens with one attached hydrogen (secondary N) is 2. The summed E-state index contributed by atoms with van der Waals surface area (Å²) >= 11 is 0. The summed E-state index contributed by atoms with van der Waals surface area (Å²) in [7, 11) is 3.30. The third kappa shape index (κ3) is 7.18. The summed E-state index contributed by atoms with van der Waals surface area (Å²) in [5.41, 5.74) is 4.85. The zero-order valence-corrected chi connectivity index (χ0v) is 22.7. The van der Waals surface area contributed by atoms with Crippen LogP contribution in [0.15, 0.2) is 54.7 Å². The van der Waals surface area contributed by atoms with Crippen molar-refractivity contribution in [1.29, 1.82) is 0 Å². The molecule has 0 spiro atoms. The van der Waals surface area contributed by atoms with E-state index >= 15 is 0 Å². The maximum absolute atomic E-state index is 13.4. The summed E-state index contributed by atoms with van der Waals surface area (Å²) in [6.07, 6.45) is 10.0. The summed E-state index contributed by atoms with van der Waals surface area (Å²) in [6.45, 7) is 0.479. The number of aromatic amines is 1. The average molecular weight is 531 g/mol. The van der Waals surface area contributed by atoms with Gasteiger partial charge in [-0.1, -0.05) is 30.7 Å². The lowest BCUT2D eigenvalue weighted by molar-refractivity contribution is -0.128. The summed E-state index contributed by atoms with van der Waals surface area (Å²) < 4.78 is 5.29. The van der Waals surface area contributed by atoms with E-state index in [1.165, 1.54) is 7.11 Å². The Balaban J connectivity index is 1.35. The number of H-pyrrole nitrogens is 1. The lowest BCUT2D eigenvalue weighted by atomic mass is 9.75. The molecular weight excluding hydrogens is 492 g/mol. The Bertz CT molecular complexity index is 1330. The summed E-state index contributed by atoms with van der Waals surface area (Å²) in [4.78, 5) is 29.5. The molecule has 0 radical (unpaired) electrons. The number of methoxy groups -OCH3 is 1. The minimum absolute atomic E-state index is 0.0335. The molecule has 4 N–H and O–H groups in total. The third-order valence-electron chi connectivity index (χ3n) is 7.49. The van der Waals surface area contributed by atoms with Crippen LogP contribution in [0.1, 0.15) is 66.0 Å². The highest BCUT2D eigenvalue weighted by Gasteiger charge is 2.32. The summed E-state index contributed by atoms with van der Waals surface area (Å²) in [5.74, 6) is 0.333. The monoisotopic (exact) mass is 530 g/mol. The molecule has 0 saturated carbocycles. The molecule has 3 aromatic rings. The first-order valence-corrected chi connectivity index (χ1v) is 13.6. The van der Waals surface area contributed by atoms with Crippen molar-refractivity contribution in [1.82, 2.24) is 10.3 Å². The summed E-state index contributed by atoms with van der Waals surface area (Å²) in [5, 5.41) is 23.0. The number of hydrogen-bond acceptors (Lipinski definition) is 6. The van der Waals surface area contributed by atoms with E-state index in [2.05, 4.69) is 10.3 Å². The van der Waals surface area contributed by atoms with Crippen LogP contribution in [-0.4, -0.2) is 40.9 Å². The number of allylic oxidation sites excluding steroid dienone is 1. The minimum atomic E-state index is -0.325. The molecule has 1 aromatic heterocycles. The Morgan fingerprint density at radius 1 is 1.05 bits per heavy atom. The molecule has 1 aliphatic rings. The second kappa shape index (κ2) is 13.3. The number of ether oxygens (including phenoxy) is 1. The van der Waals surface area contributed by atoms with Gasteiger partial charge in [0.1, 0.15) is 17.3 Å². The Hall–Kier alpha value is -3.84. The van der Waals surface area contributed by atoms with Crippen molar-refractivity contribution >= 4 is 17.6 Å². The number of benzene rings is 2. The third-order valence-corrected chi connectivity index (χ3v) is 7.49. The van der Waals surface area contributed by atoms with E-state index in [-0.39, 0.29) is 47.7 Å². The Kier molecular flexibility index (Phi) is 9.60. The molecule has 2 atom stereocenters. The molecule has 39 heavy (non-hydrogen) atoms. The number of fused-ring (bicyclic) bond motifs is 1. The Morgan fingerprint density at radius 3 is 2.67 bits per heavy atom. The highest BCUT2D eigenvalue weighted by Crippen LogP contribution is 2.39. The standard InChI is InChI=1S/C32H38N2O5/c1-33-20-23-16-22(18-31(39-2)32(23)38)10-11-25(36)19-30(37)28-12-13-29-27(14-15-34-29)26(28)9-4-3-6-21-7-5-8-24(35)17-21/h5,7-8,12-18,26,28,33-35,38H,3-4,6,9-11,19-20H2,1-2H3/t26-,28-/m1/s1. The van der Waals surface area contributed by atoms with Crippen molar-refractivity contribution in [3.8, 4) is 17.2 Å². The molecule has 0 bridgehead atoms. The van der Waals surface area contributed by atoms with Gasteiger partial charge in [0.05, 0.1) is 13.5 Å². The normalized spacial score (nSPS) is 16.2. The SMILES string of the molecule is CNCc1cc(CCC(=O)CC(=O)[C@@H]2C=Cc3[nH]ccc3[C@H]2CCCCc2cccc(O)c2)cc(OC)c1O. The molecular formula is C32H38N2O5. The number of phenolic OH excluding ortho intramolecular Hbond substituents is 2. The smallest absolute Gasteiger partial charge is 0.162 e. The van der Waals surface area contributed by atoms with E-state index in [9.17, 15) is 19.8 Å². The van der Waals surface area contributed by atoms with Gasteiger partial charge in [-0.3, -0.25) is 9.59 Å². The number of carbonyl (C=O) groups is 2. The number of unbranched alkanes of at least 4 members (excludes halogenated alkanes) is 1. The first-order chi connectivity index (χ1) is 18.9. The van der Waals surface area contributed by atoms with Crippen LogP contribution in [0.3, 0.4) is 0 Å². The first kappa shape index (κ1) is 28.2. The van der Waals surface area contributed by atoms with E-state index in [0.29, 0.717) is 24.3 Å². The summed E-state index contributed by atoms with van der Waals surface area (Å²) in [6, 6.07) is 13.0. The second-order valence-electron chi connectivity index (χ2n) is 10.3. The van der Waals surface area contributed by atoms with Crippen LogP contribution in [0.4, 0.5) is 0 Å². The fraction of sp³-hybridized carbons (Fsp3) is 0.375. The van der Waals surface area contributed by atoms with Crippen LogP contribution in [0.5, 0.6) is 17.2 Å². The quantitative estimate of drug-likeness (QED) is 0.163. The van der Waals surface area contributed by atoms with Crippen molar-refractivity contribution in [2.45, 2.75) is 57.4 Å². The number of phenols is 2. The molecule has 1 heterocycles. The zero-order valence-electron chi connectivity index (χ0n) is 22.7. The molecule has 0 amide bonds. The number of aryl methyl sites for hydroxylation is 2. The molecule has 7 nitrogen and oxygen atoms in total. The number of carbonyl (C=O) groups excluding carboxylic acids is 2. The predicted octanol–water partition coefficient (Wildman–Crippen LogP) is 5.45. The van der Waals surface area contributed by atoms with Crippen LogP contribution in [-0.2, 0) is 29.0 Å². The van der Waals surface area contributed by atoms with Crippen LogP contribution >= 0.6 is 0 Å². The molecule has 4 rings (SSSR count). The fourth-order valence-corrected chi connectivity index (χ4v) is 5.50. The maximum atomic E-state index is 13.4. The van der Waals surface area contributed by atoms with Gasteiger partial charge in [0.25, 0.3) is 0 Å². The lowest BCUT2D eigenvalue weighted by Crippen LogP contribution is -2.25. The van der Waals surface area contributed by atoms with Gasteiger partial charge in [-0.2, -0.15) is 0 Å². The molecule has 0 aliphatic heterocycles. The Labute approximate surface area is 229 Å². The van der Waals surface area contributed by atoms with Crippen molar-refractivity contribution in [2.24, 2.45) is 5.92 Å². The van der Waals surface area contributed by atoms with Gasteiger partial charge >= 0.3 is 0 Å². The molecule has 206 valence electrons. The average Bonchev–Trinajstić information content (AvgIpc) is 3.41. The molecule has 0 unspecified atom stereocenters. The van der Waals surface area contributed by atoms with Crippen LogP contribution < -0.4 is 10.1 Å². The van der Waals surface area contributed by atoms with E-state index < -0.39 is 0 Å². The number of hydrogen-bond donors (Lipinski definition) is 4. The van der Waals surface area contributed by atoms with Crippen molar-refractivity contribution in [3.05, 3.63) is 82.7 Å². The van der Waals surface area contributed by atoms with Crippen molar-refractivity contribution < 1.29 is 24.5 Å². The van der Waals surface area contributed by atoms with E-state index in [1.807, 2.05) is 42.6 Å². The van der Waals surface area contributed by atoms with Gasteiger partial charge < -0.3 is 25.3 Å². The molecule has 0 saturated heterocycles. The second-order valence-corrected chi connectivity index (χ2v) is 10.3. The molecule has 2 aromatic carbocycles. The minimum Gasteiger partial charge on any atom is -0.508 e. The van der Waals surface area contributed by atoms with Gasteiger partial charge in [0.2, 0.25) is 0 Å². The highest BCUT2D eigenvalue weighted by atomic mass is 16.5. The van der Waals surface area contributed by atoms with Crippen LogP contribution in [0.2, 0.25) is 0 Å². The number of aromatic nitrogens is 1. The highest BCUT2D eigenvalue weighted by molar-refractivity contribution is 6.01. The van der Waals surface area contributed by atoms with Gasteiger partial charge in [0.15, 0.2) is 11.5 Å². The van der Waals surface area contributed by atoms with E-state index in [0.717, 1.165) is 48.1 Å². The van der Waals surface area contributed by atoms with Gasteiger partial charge in [-0.25, -0.2) is 0 Å². The number of ketones is 2. The van der Waals surface area contributed by atoms with Crippen molar-refractivity contribution in [2.75, 3.05) is 14.2 Å². The zero-order chi connectivity index (χ0) is 27.8. The van der Waals surface area contributed by atoms with E-state index in [1.54, 1.807) is 25.2 Å². The van der Waals surface area contributed by atoms with Gasteiger partial charge in [0, 0.05) is 36.3 Å². The molecule has 0 fully saturated rings. The molecule has 7 heteroatoms. The van der Waals surface area contributed by atoms with E-state index in [4.69, 9.17) is 4.74 Å². The van der Waals surface area contributed by atoms with Gasteiger partial charge in [-0.15, -0.1) is 0 Å². The van der Waals surface area contributed by atoms with Gasteiger partial charge in [-0.05, 0) is 85.7 Å². The largest absolute Gasteiger partial charge is 0.508 e. The van der Waals surface area contributed by atoms with Crippen LogP contribution in [0, 0.1) is 5.92 Å². The topological polar surface area (TPSA) is 112 Å². The number of aromatic hydroxyl groups is 2. The molecule has 1 aliphatic carbocycles. The lowest BCUT2D eigenvalue weighted by Gasteiger charge is -2.27. The first-order valence-electron chi connectivity index (χ1n) is 13.6. The predicted molar refractivity (Wildman–Crippen MR) is 152 cm³/mol. The number of Topliss-reactive ketones (excluding diaryl/α,β-unsaturated/α-hetero) is 2. The fourth-order valence-electron chi connectivity index (χ4n) is 5.50. The van der Waals surface area contributed by atoms with Crippen molar-refractivity contribution in [3.63, 3.8) is 0 Å². The number of rotatable bonds is 14. The Morgan fingerprint density at radius 2 is 1.90 bits per heavy atom.